The lowest BCUT2D eigenvalue weighted by Gasteiger charge is -2.43. The van der Waals surface area contributed by atoms with Gasteiger partial charge in [0, 0.05) is 56.9 Å². The molecule has 3 aliphatic rings. The molecular formula is C20H39N3. The zero-order valence-corrected chi connectivity index (χ0v) is 16.4. The van der Waals surface area contributed by atoms with Crippen LogP contribution in [-0.4, -0.2) is 71.6 Å². The molecule has 3 heteroatoms. The van der Waals surface area contributed by atoms with E-state index in [2.05, 4.69) is 56.2 Å². The zero-order valence-electron chi connectivity index (χ0n) is 16.4. The average Bonchev–Trinajstić information content (AvgIpc) is 2.95. The summed E-state index contributed by atoms with van der Waals surface area (Å²) in [5.41, 5.74) is 0.704. The van der Waals surface area contributed by atoms with Gasteiger partial charge < -0.3 is 4.90 Å². The topological polar surface area (TPSA) is 9.72 Å². The first kappa shape index (κ1) is 17.7. The van der Waals surface area contributed by atoms with E-state index in [0.717, 1.165) is 17.8 Å². The summed E-state index contributed by atoms with van der Waals surface area (Å²) in [5, 5.41) is 0. The van der Waals surface area contributed by atoms with Crippen LogP contribution >= 0.6 is 0 Å². The van der Waals surface area contributed by atoms with Gasteiger partial charge in [-0.2, -0.15) is 0 Å². The molecule has 3 rings (SSSR count). The maximum Gasteiger partial charge on any atom is 0.0126 e. The molecule has 2 atom stereocenters. The maximum absolute atomic E-state index is 2.75. The highest BCUT2D eigenvalue weighted by molar-refractivity contribution is 4.96. The van der Waals surface area contributed by atoms with Crippen LogP contribution in [0, 0.1) is 17.8 Å². The number of fused-ring (bicyclic) bond motifs is 1. The first-order valence-corrected chi connectivity index (χ1v) is 9.85. The van der Waals surface area contributed by atoms with Crippen molar-refractivity contribution in [1.29, 1.82) is 0 Å². The monoisotopic (exact) mass is 321 g/mol. The summed E-state index contributed by atoms with van der Waals surface area (Å²) < 4.78 is 0. The molecule has 134 valence electrons. The van der Waals surface area contributed by atoms with Gasteiger partial charge in [0.05, 0.1) is 0 Å². The molecule has 1 saturated carbocycles. The van der Waals surface area contributed by atoms with Gasteiger partial charge in [-0.25, -0.2) is 0 Å². The lowest BCUT2D eigenvalue weighted by atomic mass is 10.0. The van der Waals surface area contributed by atoms with E-state index in [1.165, 1.54) is 58.7 Å². The summed E-state index contributed by atoms with van der Waals surface area (Å²) in [5.74, 6) is 2.93. The highest BCUT2D eigenvalue weighted by Crippen LogP contribution is 2.43. The Labute approximate surface area is 144 Å². The van der Waals surface area contributed by atoms with Gasteiger partial charge in [-0.3, -0.25) is 9.80 Å². The Bertz CT molecular complexity index is 384. The van der Waals surface area contributed by atoms with Crippen molar-refractivity contribution >= 4 is 0 Å². The van der Waals surface area contributed by atoms with Crippen LogP contribution in [0.4, 0.5) is 0 Å². The van der Waals surface area contributed by atoms with Crippen LogP contribution in [0.25, 0.3) is 0 Å². The Morgan fingerprint density at radius 1 is 0.696 bits per heavy atom. The average molecular weight is 322 g/mol. The van der Waals surface area contributed by atoms with E-state index in [9.17, 15) is 0 Å². The third-order valence-electron chi connectivity index (χ3n) is 6.63. The molecule has 23 heavy (non-hydrogen) atoms. The Hall–Kier alpha value is -0.120. The lowest BCUT2D eigenvalue weighted by Crippen LogP contribution is -2.54. The predicted molar refractivity (Wildman–Crippen MR) is 98.8 cm³/mol. The molecule has 3 nitrogen and oxygen atoms in total. The standard InChI is InChI=1S/C20H39N3/c1-19(2,3)22-9-7-21(8-10-22)13-16-11-17-14-23(20(4,5)6)15-18(17)12-16/h16-18H,7-15H2,1-6H3. The first-order chi connectivity index (χ1) is 10.6. The first-order valence-electron chi connectivity index (χ1n) is 9.85. The fraction of sp³-hybridized carbons (Fsp3) is 1.00. The second-order valence-corrected chi connectivity index (χ2v) is 10.4. The van der Waals surface area contributed by atoms with Gasteiger partial charge in [-0.05, 0) is 72.1 Å². The smallest absolute Gasteiger partial charge is 0.0126 e. The highest BCUT2D eigenvalue weighted by atomic mass is 15.3. The van der Waals surface area contributed by atoms with E-state index < -0.39 is 0 Å². The predicted octanol–water partition coefficient (Wildman–Crippen LogP) is 3.16. The van der Waals surface area contributed by atoms with Gasteiger partial charge >= 0.3 is 0 Å². The summed E-state index contributed by atoms with van der Waals surface area (Å²) in [6.45, 7) is 23.3. The largest absolute Gasteiger partial charge is 0.301 e. The third kappa shape index (κ3) is 4.11. The van der Waals surface area contributed by atoms with Crippen LogP contribution in [0.1, 0.15) is 54.4 Å². The van der Waals surface area contributed by atoms with Gasteiger partial charge in [0.1, 0.15) is 0 Å². The molecule has 0 spiro atoms. The lowest BCUT2D eigenvalue weighted by molar-refractivity contribution is 0.0543. The Morgan fingerprint density at radius 3 is 1.61 bits per heavy atom. The Balaban J connectivity index is 1.43. The maximum atomic E-state index is 2.75. The fourth-order valence-electron chi connectivity index (χ4n) is 5.09. The van der Waals surface area contributed by atoms with Crippen molar-refractivity contribution in [3.63, 3.8) is 0 Å². The van der Waals surface area contributed by atoms with Crippen LogP contribution in [0.3, 0.4) is 0 Å². The Kier molecular flexibility index (Phi) is 4.85. The van der Waals surface area contributed by atoms with Gasteiger partial charge in [-0.1, -0.05) is 0 Å². The highest BCUT2D eigenvalue weighted by Gasteiger charge is 2.43. The van der Waals surface area contributed by atoms with E-state index in [1.54, 1.807) is 0 Å². The summed E-state index contributed by atoms with van der Waals surface area (Å²) in [4.78, 5) is 8.12. The molecule has 1 aliphatic carbocycles. The number of piperazine rings is 1. The normalized spacial score (nSPS) is 35.0. The molecule has 0 amide bonds. The van der Waals surface area contributed by atoms with Crippen LogP contribution in [0.5, 0.6) is 0 Å². The number of likely N-dealkylation sites (tertiary alicyclic amines) is 1. The van der Waals surface area contributed by atoms with Crippen molar-refractivity contribution in [3.8, 4) is 0 Å². The van der Waals surface area contributed by atoms with Crippen LogP contribution in [0.15, 0.2) is 0 Å². The van der Waals surface area contributed by atoms with Crippen molar-refractivity contribution in [2.75, 3.05) is 45.8 Å². The molecule has 0 N–H and O–H groups in total. The van der Waals surface area contributed by atoms with E-state index in [-0.39, 0.29) is 0 Å². The fourth-order valence-corrected chi connectivity index (χ4v) is 5.09. The van der Waals surface area contributed by atoms with E-state index in [4.69, 9.17) is 0 Å². The van der Waals surface area contributed by atoms with E-state index in [0.29, 0.717) is 11.1 Å². The second-order valence-electron chi connectivity index (χ2n) is 10.4. The van der Waals surface area contributed by atoms with Gasteiger partial charge in [0.2, 0.25) is 0 Å². The summed E-state index contributed by atoms with van der Waals surface area (Å²) >= 11 is 0. The summed E-state index contributed by atoms with van der Waals surface area (Å²) in [6, 6.07) is 0. The third-order valence-corrected chi connectivity index (χ3v) is 6.63. The molecule has 3 fully saturated rings. The second kappa shape index (κ2) is 6.31. The van der Waals surface area contributed by atoms with E-state index in [1.807, 2.05) is 0 Å². The number of hydrogen-bond acceptors (Lipinski definition) is 3. The Morgan fingerprint density at radius 2 is 1.17 bits per heavy atom. The molecule has 0 aromatic rings. The molecule has 2 saturated heterocycles. The van der Waals surface area contributed by atoms with Crippen molar-refractivity contribution in [1.82, 2.24) is 14.7 Å². The van der Waals surface area contributed by atoms with E-state index >= 15 is 0 Å². The minimum absolute atomic E-state index is 0.340. The summed E-state index contributed by atoms with van der Waals surface area (Å²) in [6.07, 6.45) is 2.97. The molecule has 0 bridgehead atoms. The minimum Gasteiger partial charge on any atom is -0.301 e. The zero-order chi connectivity index (χ0) is 16.8. The van der Waals surface area contributed by atoms with Crippen LogP contribution in [-0.2, 0) is 0 Å². The quantitative estimate of drug-likeness (QED) is 0.773. The molecule has 0 radical (unpaired) electrons. The number of nitrogens with zero attached hydrogens (tertiary/aromatic N) is 3. The molecule has 0 aromatic heterocycles. The molecular weight excluding hydrogens is 282 g/mol. The minimum atomic E-state index is 0.340. The molecule has 2 unspecified atom stereocenters. The SMILES string of the molecule is CC(C)(C)N1CCN(CC2CC3CN(C(C)(C)C)CC3C2)CC1. The number of rotatable bonds is 2. The number of hydrogen-bond donors (Lipinski definition) is 0. The van der Waals surface area contributed by atoms with Gasteiger partial charge in [0.25, 0.3) is 0 Å². The summed E-state index contributed by atoms with van der Waals surface area (Å²) in [7, 11) is 0. The van der Waals surface area contributed by atoms with Crippen molar-refractivity contribution in [3.05, 3.63) is 0 Å². The molecule has 2 aliphatic heterocycles. The van der Waals surface area contributed by atoms with Crippen molar-refractivity contribution in [2.45, 2.75) is 65.5 Å². The van der Waals surface area contributed by atoms with Gasteiger partial charge in [-0.15, -0.1) is 0 Å². The van der Waals surface area contributed by atoms with Crippen molar-refractivity contribution in [2.24, 2.45) is 17.8 Å². The van der Waals surface area contributed by atoms with Crippen LogP contribution < -0.4 is 0 Å². The van der Waals surface area contributed by atoms with Crippen LogP contribution in [0.2, 0.25) is 0 Å². The molecule has 2 heterocycles. The van der Waals surface area contributed by atoms with Crippen molar-refractivity contribution < 1.29 is 0 Å². The molecule has 0 aromatic carbocycles. The van der Waals surface area contributed by atoms with Gasteiger partial charge in [0.15, 0.2) is 0 Å².